The predicted octanol–water partition coefficient (Wildman–Crippen LogP) is 3.11. The summed E-state index contributed by atoms with van der Waals surface area (Å²) in [6.45, 7) is 7.44. The van der Waals surface area contributed by atoms with E-state index in [0.29, 0.717) is 11.4 Å². The summed E-state index contributed by atoms with van der Waals surface area (Å²) in [5.41, 5.74) is 1.60. The van der Waals surface area contributed by atoms with Crippen molar-refractivity contribution >= 4 is 21.6 Å². The molecule has 0 radical (unpaired) electrons. The molecule has 0 atom stereocenters. The molecular formula is C20H26N2O4S. The zero-order chi connectivity index (χ0) is 20.0. The summed E-state index contributed by atoms with van der Waals surface area (Å²) in [5.74, 6) is 0.397. The van der Waals surface area contributed by atoms with Crippen LogP contribution in [0.3, 0.4) is 0 Å². The third-order valence-corrected chi connectivity index (χ3v) is 5.33. The quantitative estimate of drug-likeness (QED) is 0.751. The van der Waals surface area contributed by atoms with Gasteiger partial charge in [-0.1, -0.05) is 29.8 Å². The summed E-state index contributed by atoms with van der Waals surface area (Å²) < 4.78 is 33.1. The molecule has 6 nitrogen and oxygen atoms in total. The van der Waals surface area contributed by atoms with Crippen molar-refractivity contribution in [3.63, 3.8) is 0 Å². The van der Waals surface area contributed by atoms with Crippen molar-refractivity contribution in [3.8, 4) is 5.75 Å². The van der Waals surface area contributed by atoms with Crippen molar-refractivity contribution in [1.82, 2.24) is 4.72 Å². The standard InChI is InChI=1S/C20H26N2O4S/c1-15(2)26-20-8-6-5-7-19(20)22(17(4)23)14-13-21-27(24,25)18-11-9-16(3)10-12-18/h5-12,15,21H,13-14H2,1-4H3. The second-order valence-corrected chi connectivity index (χ2v) is 8.28. The van der Waals surface area contributed by atoms with Crippen molar-refractivity contribution in [2.24, 2.45) is 0 Å². The first kappa shape index (κ1) is 20.9. The number of sulfonamides is 1. The third kappa shape index (κ3) is 5.80. The Labute approximate surface area is 161 Å². The molecule has 0 aromatic heterocycles. The minimum Gasteiger partial charge on any atom is -0.489 e. The molecule has 1 N–H and O–H groups in total. The average Bonchev–Trinajstić information content (AvgIpc) is 2.59. The Morgan fingerprint density at radius 1 is 1.11 bits per heavy atom. The van der Waals surface area contributed by atoms with E-state index >= 15 is 0 Å². The molecule has 2 aromatic rings. The summed E-state index contributed by atoms with van der Waals surface area (Å²) in [6.07, 6.45) is -0.0417. The molecule has 0 saturated carbocycles. The molecule has 7 heteroatoms. The molecule has 2 aromatic carbocycles. The number of rotatable bonds is 8. The number of para-hydroxylation sites is 2. The van der Waals surface area contributed by atoms with E-state index in [0.717, 1.165) is 5.56 Å². The average molecular weight is 391 g/mol. The molecule has 0 aliphatic rings. The van der Waals surface area contributed by atoms with Crippen molar-refractivity contribution < 1.29 is 17.9 Å². The number of nitrogens with one attached hydrogen (secondary N) is 1. The SMILES string of the molecule is CC(=O)N(CCNS(=O)(=O)c1ccc(C)cc1)c1ccccc1OC(C)C. The van der Waals surface area contributed by atoms with Crippen LogP contribution in [0.25, 0.3) is 0 Å². The van der Waals surface area contributed by atoms with E-state index in [9.17, 15) is 13.2 Å². The number of ether oxygens (including phenoxy) is 1. The van der Waals surface area contributed by atoms with Gasteiger partial charge in [0.25, 0.3) is 0 Å². The highest BCUT2D eigenvalue weighted by Crippen LogP contribution is 2.29. The highest BCUT2D eigenvalue weighted by atomic mass is 32.2. The number of benzene rings is 2. The van der Waals surface area contributed by atoms with Crippen molar-refractivity contribution in [2.75, 3.05) is 18.0 Å². The lowest BCUT2D eigenvalue weighted by Crippen LogP contribution is -2.37. The van der Waals surface area contributed by atoms with Crippen LogP contribution in [-0.2, 0) is 14.8 Å². The number of aryl methyl sites for hydroxylation is 1. The van der Waals surface area contributed by atoms with Crippen molar-refractivity contribution in [1.29, 1.82) is 0 Å². The molecule has 146 valence electrons. The summed E-state index contributed by atoms with van der Waals surface area (Å²) in [5, 5.41) is 0. The van der Waals surface area contributed by atoms with Crippen LogP contribution < -0.4 is 14.4 Å². The van der Waals surface area contributed by atoms with Gasteiger partial charge in [-0.25, -0.2) is 13.1 Å². The van der Waals surface area contributed by atoms with E-state index in [2.05, 4.69) is 4.72 Å². The zero-order valence-corrected chi connectivity index (χ0v) is 16.9. The van der Waals surface area contributed by atoms with Gasteiger partial charge in [-0.15, -0.1) is 0 Å². The Morgan fingerprint density at radius 3 is 2.33 bits per heavy atom. The van der Waals surface area contributed by atoms with Gasteiger partial charge in [0.05, 0.1) is 16.7 Å². The number of hydrogen-bond acceptors (Lipinski definition) is 4. The van der Waals surface area contributed by atoms with Gasteiger partial charge in [0.1, 0.15) is 5.75 Å². The third-order valence-electron chi connectivity index (χ3n) is 3.86. The van der Waals surface area contributed by atoms with Crippen LogP contribution in [0.5, 0.6) is 5.75 Å². The molecule has 0 bridgehead atoms. The van der Waals surface area contributed by atoms with E-state index in [4.69, 9.17) is 4.74 Å². The van der Waals surface area contributed by atoms with Gasteiger partial charge in [-0.05, 0) is 45.0 Å². The Hall–Kier alpha value is -2.38. The first-order chi connectivity index (χ1) is 12.7. The monoisotopic (exact) mass is 390 g/mol. The maximum Gasteiger partial charge on any atom is 0.240 e. The van der Waals surface area contributed by atoms with Gasteiger partial charge < -0.3 is 9.64 Å². The molecule has 0 unspecified atom stereocenters. The molecule has 0 saturated heterocycles. The molecule has 0 aliphatic heterocycles. The van der Waals surface area contributed by atoms with Crippen molar-refractivity contribution in [2.45, 2.75) is 38.7 Å². The second kappa shape index (κ2) is 9.01. The predicted molar refractivity (Wildman–Crippen MR) is 107 cm³/mol. The van der Waals surface area contributed by atoms with Gasteiger partial charge in [0, 0.05) is 20.0 Å². The van der Waals surface area contributed by atoms with E-state index in [1.807, 2.05) is 32.9 Å². The Morgan fingerprint density at radius 2 is 1.74 bits per heavy atom. The molecule has 2 rings (SSSR count). The number of amides is 1. The number of carbonyl (C=O) groups is 1. The number of carbonyl (C=O) groups excluding carboxylic acids is 1. The van der Waals surface area contributed by atoms with Gasteiger partial charge in [-0.2, -0.15) is 0 Å². The molecule has 27 heavy (non-hydrogen) atoms. The first-order valence-electron chi connectivity index (χ1n) is 8.81. The van der Waals surface area contributed by atoms with Crippen LogP contribution in [0.4, 0.5) is 5.69 Å². The fourth-order valence-corrected chi connectivity index (χ4v) is 3.59. The molecule has 0 heterocycles. The normalized spacial score (nSPS) is 11.4. The number of hydrogen-bond donors (Lipinski definition) is 1. The van der Waals surface area contributed by atoms with Crippen LogP contribution in [0.2, 0.25) is 0 Å². The lowest BCUT2D eigenvalue weighted by atomic mass is 10.2. The van der Waals surface area contributed by atoms with Crippen LogP contribution in [0.15, 0.2) is 53.4 Å². The largest absolute Gasteiger partial charge is 0.489 e. The minimum absolute atomic E-state index is 0.0417. The number of nitrogens with zero attached hydrogens (tertiary/aromatic N) is 1. The fraction of sp³-hybridized carbons (Fsp3) is 0.350. The van der Waals surface area contributed by atoms with E-state index in [-0.39, 0.29) is 30.0 Å². The Bertz CT molecular complexity index is 877. The molecular weight excluding hydrogens is 364 g/mol. The van der Waals surface area contributed by atoms with Gasteiger partial charge in [0.15, 0.2) is 0 Å². The van der Waals surface area contributed by atoms with Gasteiger partial charge in [0.2, 0.25) is 15.9 Å². The summed E-state index contributed by atoms with van der Waals surface area (Å²) in [7, 11) is -3.63. The Balaban J connectivity index is 2.12. The Kier molecular flexibility index (Phi) is 6.98. The second-order valence-electron chi connectivity index (χ2n) is 6.52. The lowest BCUT2D eigenvalue weighted by molar-refractivity contribution is -0.116. The number of anilines is 1. The summed E-state index contributed by atoms with van der Waals surface area (Å²) in [4.78, 5) is 13.8. The molecule has 1 amide bonds. The van der Waals surface area contributed by atoms with Gasteiger partial charge in [-0.3, -0.25) is 4.79 Å². The van der Waals surface area contributed by atoms with E-state index in [1.165, 1.54) is 11.8 Å². The van der Waals surface area contributed by atoms with Gasteiger partial charge >= 0.3 is 0 Å². The molecule has 0 aliphatic carbocycles. The first-order valence-corrected chi connectivity index (χ1v) is 10.3. The zero-order valence-electron chi connectivity index (χ0n) is 16.1. The topological polar surface area (TPSA) is 75.7 Å². The van der Waals surface area contributed by atoms with Crippen LogP contribution in [0.1, 0.15) is 26.3 Å². The fourth-order valence-electron chi connectivity index (χ4n) is 2.57. The molecule has 0 fully saturated rings. The minimum atomic E-state index is -3.63. The van der Waals surface area contributed by atoms with Crippen LogP contribution in [-0.4, -0.2) is 33.5 Å². The van der Waals surface area contributed by atoms with Crippen molar-refractivity contribution in [3.05, 3.63) is 54.1 Å². The highest BCUT2D eigenvalue weighted by Gasteiger charge is 2.19. The van der Waals surface area contributed by atoms with E-state index in [1.54, 1.807) is 36.4 Å². The smallest absolute Gasteiger partial charge is 0.240 e. The van der Waals surface area contributed by atoms with E-state index < -0.39 is 10.0 Å². The molecule has 0 spiro atoms. The van der Waals surface area contributed by atoms with Crippen LogP contribution in [0, 0.1) is 6.92 Å². The summed E-state index contributed by atoms with van der Waals surface area (Å²) >= 11 is 0. The summed E-state index contributed by atoms with van der Waals surface area (Å²) in [6, 6.07) is 13.8. The maximum atomic E-state index is 12.4. The lowest BCUT2D eigenvalue weighted by Gasteiger charge is -2.24. The maximum absolute atomic E-state index is 12.4. The van der Waals surface area contributed by atoms with Crippen LogP contribution >= 0.6 is 0 Å². The highest BCUT2D eigenvalue weighted by molar-refractivity contribution is 7.89.